The normalized spacial score (nSPS) is 14.8. The SMILES string of the molecule is CC[C@@H](C)[C@@](C)(O)CNC(=O)C(=O)Nc1ccc(Cl)cc1C. The third-order valence-corrected chi connectivity index (χ3v) is 4.16. The molecule has 0 saturated heterocycles. The smallest absolute Gasteiger partial charge is 0.313 e. The monoisotopic (exact) mass is 326 g/mol. The van der Waals surface area contributed by atoms with Crippen LogP contribution in [0, 0.1) is 12.8 Å². The number of hydrogen-bond donors (Lipinski definition) is 3. The first-order valence-electron chi connectivity index (χ1n) is 7.25. The van der Waals surface area contributed by atoms with Crippen LogP contribution in [0.5, 0.6) is 0 Å². The Kier molecular flexibility index (Phi) is 6.38. The summed E-state index contributed by atoms with van der Waals surface area (Å²) in [6.07, 6.45) is 0.777. The van der Waals surface area contributed by atoms with Gasteiger partial charge in [0, 0.05) is 17.3 Å². The van der Waals surface area contributed by atoms with Gasteiger partial charge in [0.05, 0.1) is 5.60 Å². The average molecular weight is 327 g/mol. The molecule has 1 aromatic carbocycles. The van der Waals surface area contributed by atoms with Gasteiger partial charge in [0.1, 0.15) is 0 Å². The molecule has 0 aromatic heterocycles. The fourth-order valence-electron chi connectivity index (χ4n) is 1.90. The van der Waals surface area contributed by atoms with Gasteiger partial charge in [-0.05, 0) is 43.5 Å². The molecule has 0 saturated carbocycles. The maximum Gasteiger partial charge on any atom is 0.313 e. The van der Waals surface area contributed by atoms with Crippen molar-refractivity contribution in [3.8, 4) is 0 Å². The van der Waals surface area contributed by atoms with Crippen molar-refractivity contribution in [1.29, 1.82) is 0 Å². The number of carbonyl (C=O) groups is 2. The van der Waals surface area contributed by atoms with Crippen molar-refractivity contribution in [1.82, 2.24) is 5.32 Å². The molecule has 22 heavy (non-hydrogen) atoms. The van der Waals surface area contributed by atoms with Crippen molar-refractivity contribution in [2.75, 3.05) is 11.9 Å². The van der Waals surface area contributed by atoms with E-state index in [0.717, 1.165) is 12.0 Å². The number of aliphatic hydroxyl groups is 1. The lowest BCUT2D eigenvalue weighted by atomic mass is 9.89. The molecule has 0 aliphatic heterocycles. The molecule has 0 spiro atoms. The second-order valence-corrected chi connectivity index (χ2v) is 6.20. The van der Waals surface area contributed by atoms with Gasteiger partial charge >= 0.3 is 11.8 Å². The Balaban J connectivity index is 2.61. The molecule has 6 heteroatoms. The van der Waals surface area contributed by atoms with Crippen molar-refractivity contribution in [2.45, 2.75) is 39.7 Å². The van der Waals surface area contributed by atoms with E-state index in [1.807, 2.05) is 13.8 Å². The van der Waals surface area contributed by atoms with Gasteiger partial charge in [0.2, 0.25) is 0 Å². The summed E-state index contributed by atoms with van der Waals surface area (Å²) in [6, 6.07) is 4.97. The molecule has 0 aliphatic carbocycles. The number of nitrogens with one attached hydrogen (secondary N) is 2. The lowest BCUT2D eigenvalue weighted by molar-refractivity contribution is -0.137. The molecule has 5 nitrogen and oxygen atoms in total. The van der Waals surface area contributed by atoms with E-state index in [1.54, 1.807) is 32.0 Å². The quantitative estimate of drug-likeness (QED) is 0.727. The third kappa shape index (κ3) is 5.00. The molecular formula is C16H23ClN2O3. The summed E-state index contributed by atoms with van der Waals surface area (Å²) in [5.41, 5.74) is 0.236. The zero-order chi connectivity index (χ0) is 16.9. The highest BCUT2D eigenvalue weighted by Gasteiger charge is 2.28. The van der Waals surface area contributed by atoms with Crippen LogP contribution in [0.15, 0.2) is 18.2 Å². The van der Waals surface area contributed by atoms with Crippen LogP contribution in [-0.2, 0) is 9.59 Å². The van der Waals surface area contributed by atoms with E-state index in [9.17, 15) is 14.7 Å². The van der Waals surface area contributed by atoms with Gasteiger partial charge in [-0.15, -0.1) is 0 Å². The minimum absolute atomic E-state index is 0.00868. The average Bonchev–Trinajstić information content (AvgIpc) is 2.46. The van der Waals surface area contributed by atoms with E-state index >= 15 is 0 Å². The van der Waals surface area contributed by atoms with E-state index in [4.69, 9.17) is 11.6 Å². The Bertz CT molecular complexity index is 558. The van der Waals surface area contributed by atoms with Crippen molar-refractivity contribution in [3.63, 3.8) is 0 Å². The molecule has 1 aromatic rings. The van der Waals surface area contributed by atoms with E-state index in [-0.39, 0.29) is 12.5 Å². The van der Waals surface area contributed by atoms with Gasteiger partial charge < -0.3 is 15.7 Å². The number of amides is 2. The number of rotatable bonds is 5. The highest BCUT2D eigenvalue weighted by atomic mass is 35.5. The van der Waals surface area contributed by atoms with Crippen molar-refractivity contribution >= 4 is 29.1 Å². The molecule has 122 valence electrons. The Morgan fingerprint density at radius 1 is 1.36 bits per heavy atom. The van der Waals surface area contributed by atoms with Crippen molar-refractivity contribution < 1.29 is 14.7 Å². The maximum absolute atomic E-state index is 11.9. The minimum atomic E-state index is -1.05. The summed E-state index contributed by atoms with van der Waals surface area (Å²) in [5.74, 6) is -1.54. The van der Waals surface area contributed by atoms with Gasteiger partial charge in [0.25, 0.3) is 0 Å². The molecule has 1 rings (SSSR count). The van der Waals surface area contributed by atoms with Crippen LogP contribution in [0.3, 0.4) is 0 Å². The molecule has 0 aliphatic rings. The summed E-state index contributed by atoms with van der Waals surface area (Å²) < 4.78 is 0. The van der Waals surface area contributed by atoms with E-state index in [2.05, 4.69) is 10.6 Å². The van der Waals surface area contributed by atoms with E-state index in [0.29, 0.717) is 10.7 Å². The van der Waals surface area contributed by atoms with Crippen LogP contribution in [0.4, 0.5) is 5.69 Å². The summed E-state index contributed by atoms with van der Waals surface area (Å²) in [5, 5.41) is 15.8. The summed E-state index contributed by atoms with van der Waals surface area (Å²) in [6.45, 7) is 7.30. The zero-order valence-corrected chi connectivity index (χ0v) is 14.1. The Morgan fingerprint density at radius 3 is 2.55 bits per heavy atom. The highest BCUT2D eigenvalue weighted by Crippen LogP contribution is 2.20. The maximum atomic E-state index is 11.9. The second kappa shape index (κ2) is 7.61. The standard InChI is InChI=1S/C16H23ClN2O3/c1-5-11(3)16(4,22)9-18-14(20)15(21)19-13-7-6-12(17)8-10(13)2/h6-8,11,22H,5,9H2,1-4H3,(H,18,20)(H,19,21)/t11-,16+/m1/s1. The predicted octanol–water partition coefficient (Wildman–Crippen LogP) is 2.50. The molecule has 2 amide bonds. The van der Waals surface area contributed by atoms with Crippen LogP contribution < -0.4 is 10.6 Å². The van der Waals surface area contributed by atoms with Crippen LogP contribution in [-0.4, -0.2) is 29.1 Å². The summed E-state index contributed by atoms with van der Waals surface area (Å²) in [7, 11) is 0. The molecular weight excluding hydrogens is 304 g/mol. The number of aryl methyl sites for hydroxylation is 1. The molecule has 3 N–H and O–H groups in total. The van der Waals surface area contributed by atoms with Crippen molar-refractivity contribution in [2.24, 2.45) is 5.92 Å². The van der Waals surface area contributed by atoms with Gasteiger partial charge in [0.15, 0.2) is 0 Å². The molecule has 2 atom stereocenters. The number of carbonyl (C=O) groups excluding carboxylic acids is 2. The van der Waals surface area contributed by atoms with E-state index in [1.165, 1.54) is 0 Å². The first kappa shape index (κ1) is 18.5. The van der Waals surface area contributed by atoms with Crippen LogP contribution in [0.2, 0.25) is 5.02 Å². The van der Waals surface area contributed by atoms with Gasteiger partial charge in [-0.2, -0.15) is 0 Å². The second-order valence-electron chi connectivity index (χ2n) is 5.76. The van der Waals surface area contributed by atoms with Gasteiger partial charge in [-0.1, -0.05) is 31.9 Å². The van der Waals surface area contributed by atoms with Gasteiger partial charge in [-0.25, -0.2) is 0 Å². The van der Waals surface area contributed by atoms with Gasteiger partial charge in [-0.3, -0.25) is 9.59 Å². The van der Waals surface area contributed by atoms with Crippen LogP contribution >= 0.6 is 11.6 Å². The molecule has 0 fully saturated rings. The zero-order valence-electron chi connectivity index (χ0n) is 13.4. The molecule has 0 unspecified atom stereocenters. The topological polar surface area (TPSA) is 78.4 Å². The largest absolute Gasteiger partial charge is 0.388 e. The number of anilines is 1. The minimum Gasteiger partial charge on any atom is -0.388 e. The Morgan fingerprint density at radius 2 is 2.00 bits per heavy atom. The van der Waals surface area contributed by atoms with E-state index < -0.39 is 17.4 Å². The highest BCUT2D eigenvalue weighted by molar-refractivity contribution is 6.39. The number of halogens is 1. The molecule has 0 radical (unpaired) electrons. The van der Waals surface area contributed by atoms with Crippen LogP contribution in [0.1, 0.15) is 32.8 Å². The molecule has 0 bridgehead atoms. The summed E-state index contributed by atoms with van der Waals surface area (Å²) in [4.78, 5) is 23.7. The fourth-order valence-corrected chi connectivity index (χ4v) is 2.13. The third-order valence-electron chi connectivity index (χ3n) is 3.92. The fraction of sp³-hybridized carbons (Fsp3) is 0.500. The summed E-state index contributed by atoms with van der Waals surface area (Å²) >= 11 is 5.84. The first-order chi connectivity index (χ1) is 10.2. The van der Waals surface area contributed by atoms with Crippen molar-refractivity contribution in [3.05, 3.63) is 28.8 Å². The Labute approximate surface area is 136 Å². The molecule has 0 heterocycles. The predicted molar refractivity (Wildman–Crippen MR) is 87.9 cm³/mol. The Hall–Kier alpha value is -1.59. The lowest BCUT2D eigenvalue weighted by Gasteiger charge is -2.29. The van der Waals surface area contributed by atoms with Crippen LogP contribution in [0.25, 0.3) is 0 Å². The first-order valence-corrected chi connectivity index (χ1v) is 7.63. The number of benzene rings is 1. The number of hydrogen-bond acceptors (Lipinski definition) is 3. The lowest BCUT2D eigenvalue weighted by Crippen LogP contribution is -2.47.